The maximum atomic E-state index is 8.49. The summed E-state index contributed by atoms with van der Waals surface area (Å²) >= 11 is 0. The lowest BCUT2D eigenvalue weighted by Crippen LogP contribution is -2.21. The lowest BCUT2D eigenvalue weighted by atomic mass is 10.4. The Morgan fingerprint density at radius 2 is 2.13 bits per heavy atom. The maximum absolute atomic E-state index is 8.49. The quantitative estimate of drug-likeness (QED) is 0.730. The van der Waals surface area contributed by atoms with E-state index in [4.69, 9.17) is 5.26 Å². The Morgan fingerprint density at radius 3 is 2.73 bits per heavy atom. The van der Waals surface area contributed by atoms with Crippen LogP contribution in [-0.2, 0) is 0 Å². The number of aromatic nitrogens is 2. The highest BCUT2D eigenvalue weighted by molar-refractivity contribution is 5.42. The van der Waals surface area contributed by atoms with E-state index in [2.05, 4.69) is 16.0 Å². The van der Waals surface area contributed by atoms with E-state index in [1.807, 2.05) is 37.0 Å². The van der Waals surface area contributed by atoms with Gasteiger partial charge >= 0.3 is 0 Å². The molecular weight excluding hydrogens is 190 g/mol. The van der Waals surface area contributed by atoms with Crippen LogP contribution in [0.25, 0.3) is 0 Å². The molecule has 0 aliphatic rings. The van der Waals surface area contributed by atoms with Crippen LogP contribution >= 0.6 is 0 Å². The van der Waals surface area contributed by atoms with E-state index in [1.165, 1.54) is 0 Å². The van der Waals surface area contributed by atoms with E-state index in [-0.39, 0.29) is 0 Å². The zero-order chi connectivity index (χ0) is 11.3. The summed E-state index contributed by atoms with van der Waals surface area (Å²) in [6.45, 7) is 0.681. The molecule has 5 heteroatoms. The first-order valence-corrected chi connectivity index (χ1v) is 4.73. The number of rotatable bonds is 4. The molecule has 1 heterocycles. The molecule has 0 radical (unpaired) electrons. The molecule has 5 nitrogen and oxygen atoms in total. The van der Waals surface area contributed by atoms with Gasteiger partial charge in [0.2, 0.25) is 5.95 Å². The van der Waals surface area contributed by atoms with Gasteiger partial charge in [-0.3, -0.25) is 0 Å². The van der Waals surface area contributed by atoms with E-state index in [1.54, 1.807) is 6.20 Å². The molecule has 1 rings (SSSR count). The van der Waals surface area contributed by atoms with Crippen LogP contribution in [0.1, 0.15) is 6.42 Å². The van der Waals surface area contributed by atoms with E-state index in [9.17, 15) is 0 Å². The van der Waals surface area contributed by atoms with Crippen molar-refractivity contribution >= 4 is 11.8 Å². The lowest BCUT2D eigenvalue weighted by molar-refractivity contribution is 0.871. The normalized spacial score (nSPS) is 9.47. The summed E-state index contributed by atoms with van der Waals surface area (Å²) in [6.07, 6.45) is 2.22. The average Bonchev–Trinajstić information content (AvgIpc) is 2.26. The fraction of sp³-hybridized carbons (Fsp3) is 0.500. The van der Waals surface area contributed by atoms with Gasteiger partial charge in [-0.2, -0.15) is 10.2 Å². The number of hydrogen-bond donors (Lipinski definition) is 0. The van der Waals surface area contributed by atoms with Crippen molar-refractivity contribution in [3.8, 4) is 6.07 Å². The van der Waals surface area contributed by atoms with E-state index in [0.717, 1.165) is 5.82 Å². The molecule has 0 aromatic carbocycles. The van der Waals surface area contributed by atoms with Gasteiger partial charge in [0, 0.05) is 33.9 Å². The van der Waals surface area contributed by atoms with Crippen LogP contribution in [0.4, 0.5) is 11.8 Å². The largest absolute Gasteiger partial charge is 0.358 e. The predicted molar refractivity (Wildman–Crippen MR) is 59.9 cm³/mol. The first kappa shape index (κ1) is 11.2. The van der Waals surface area contributed by atoms with Gasteiger partial charge < -0.3 is 9.80 Å². The third kappa shape index (κ3) is 3.09. The molecule has 0 N–H and O–H groups in total. The van der Waals surface area contributed by atoms with Crippen molar-refractivity contribution in [3.63, 3.8) is 0 Å². The number of hydrogen-bond acceptors (Lipinski definition) is 5. The number of nitriles is 1. The molecule has 0 amide bonds. The molecule has 1 aromatic heterocycles. The molecule has 0 saturated heterocycles. The fourth-order valence-electron chi connectivity index (χ4n) is 1.10. The number of nitrogens with zero attached hydrogens (tertiary/aromatic N) is 5. The van der Waals surface area contributed by atoms with Crippen LogP contribution in [0.3, 0.4) is 0 Å². The smallest absolute Gasteiger partial charge is 0.226 e. The van der Waals surface area contributed by atoms with Crippen molar-refractivity contribution in [3.05, 3.63) is 12.3 Å². The Morgan fingerprint density at radius 1 is 1.40 bits per heavy atom. The van der Waals surface area contributed by atoms with Crippen molar-refractivity contribution in [2.75, 3.05) is 37.5 Å². The molecule has 0 aliphatic heterocycles. The molecule has 80 valence electrons. The van der Waals surface area contributed by atoms with Gasteiger partial charge in [-0.15, -0.1) is 0 Å². The minimum Gasteiger partial charge on any atom is -0.358 e. The third-order valence-electron chi connectivity index (χ3n) is 1.98. The Kier molecular flexibility index (Phi) is 3.86. The molecule has 0 atom stereocenters. The van der Waals surface area contributed by atoms with Crippen LogP contribution in [0.15, 0.2) is 12.3 Å². The van der Waals surface area contributed by atoms with Crippen LogP contribution in [0, 0.1) is 11.3 Å². The predicted octanol–water partition coefficient (Wildman–Crippen LogP) is 0.892. The van der Waals surface area contributed by atoms with Crippen molar-refractivity contribution in [1.29, 1.82) is 5.26 Å². The molecule has 15 heavy (non-hydrogen) atoms. The molecule has 0 aliphatic carbocycles. The summed E-state index contributed by atoms with van der Waals surface area (Å²) in [5, 5.41) is 8.49. The van der Waals surface area contributed by atoms with E-state index in [0.29, 0.717) is 18.9 Å². The van der Waals surface area contributed by atoms with Crippen molar-refractivity contribution in [2.45, 2.75) is 6.42 Å². The molecule has 1 aromatic rings. The maximum Gasteiger partial charge on any atom is 0.226 e. The van der Waals surface area contributed by atoms with E-state index >= 15 is 0 Å². The second-order valence-electron chi connectivity index (χ2n) is 3.44. The number of anilines is 2. The van der Waals surface area contributed by atoms with Gasteiger partial charge in [0.15, 0.2) is 0 Å². The van der Waals surface area contributed by atoms with E-state index < -0.39 is 0 Å². The first-order chi connectivity index (χ1) is 7.15. The van der Waals surface area contributed by atoms with Crippen LogP contribution in [-0.4, -0.2) is 37.7 Å². The van der Waals surface area contributed by atoms with Gasteiger partial charge in [0.1, 0.15) is 5.82 Å². The molecule has 0 fully saturated rings. The van der Waals surface area contributed by atoms with Crippen molar-refractivity contribution < 1.29 is 0 Å². The van der Waals surface area contributed by atoms with Crippen LogP contribution in [0.5, 0.6) is 0 Å². The zero-order valence-electron chi connectivity index (χ0n) is 9.30. The Hall–Kier alpha value is -1.83. The molecular formula is C10H15N5. The van der Waals surface area contributed by atoms with Crippen molar-refractivity contribution in [1.82, 2.24) is 9.97 Å². The lowest BCUT2D eigenvalue weighted by Gasteiger charge is -2.18. The summed E-state index contributed by atoms with van der Waals surface area (Å²) in [5.74, 6) is 1.51. The van der Waals surface area contributed by atoms with Gasteiger partial charge in [0.05, 0.1) is 12.5 Å². The Labute approximate surface area is 90.0 Å². The third-order valence-corrected chi connectivity index (χ3v) is 1.98. The van der Waals surface area contributed by atoms with Crippen LogP contribution < -0.4 is 9.80 Å². The fourth-order valence-corrected chi connectivity index (χ4v) is 1.10. The topological polar surface area (TPSA) is 56.1 Å². The molecule has 0 bridgehead atoms. The standard InChI is InChI=1S/C10H15N5/c1-14(2)10-12-7-5-9(13-10)15(3)8-4-6-11/h5,7H,4,8H2,1-3H3. The summed E-state index contributed by atoms with van der Waals surface area (Å²) in [7, 11) is 5.71. The monoisotopic (exact) mass is 205 g/mol. The minimum absolute atomic E-state index is 0.498. The Bertz CT molecular complexity index is 355. The first-order valence-electron chi connectivity index (χ1n) is 4.73. The Balaban J connectivity index is 2.77. The molecule has 0 unspecified atom stereocenters. The highest BCUT2D eigenvalue weighted by atomic mass is 15.3. The minimum atomic E-state index is 0.498. The summed E-state index contributed by atoms with van der Waals surface area (Å²) in [5.41, 5.74) is 0. The van der Waals surface area contributed by atoms with Gasteiger partial charge in [-0.1, -0.05) is 0 Å². The second kappa shape index (κ2) is 5.15. The SMILES string of the molecule is CN(C)c1nccc(N(C)CCC#N)n1. The molecule has 0 spiro atoms. The van der Waals surface area contributed by atoms with Crippen LogP contribution in [0.2, 0.25) is 0 Å². The second-order valence-corrected chi connectivity index (χ2v) is 3.44. The summed E-state index contributed by atoms with van der Waals surface area (Å²) in [4.78, 5) is 12.3. The van der Waals surface area contributed by atoms with Gasteiger partial charge in [-0.25, -0.2) is 4.98 Å². The summed E-state index contributed by atoms with van der Waals surface area (Å²) < 4.78 is 0. The highest BCUT2D eigenvalue weighted by Crippen LogP contribution is 2.11. The zero-order valence-corrected chi connectivity index (χ0v) is 9.30. The average molecular weight is 205 g/mol. The van der Waals surface area contributed by atoms with Gasteiger partial charge in [-0.05, 0) is 6.07 Å². The summed E-state index contributed by atoms with van der Waals surface area (Å²) in [6, 6.07) is 3.95. The highest BCUT2D eigenvalue weighted by Gasteiger charge is 2.04. The molecule has 0 saturated carbocycles. The van der Waals surface area contributed by atoms with Crippen molar-refractivity contribution in [2.24, 2.45) is 0 Å². The van der Waals surface area contributed by atoms with Gasteiger partial charge in [0.25, 0.3) is 0 Å².